The van der Waals surface area contributed by atoms with Gasteiger partial charge in [0.25, 0.3) is 0 Å². The predicted molar refractivity (Wildman–Crippen MR) is 225 cm³/mol. The molecule has 53 heavy (non-hydrogen) atoms. The first-order chi connectivity index (χ1) is 26.2. The lowest BCUT2D eigenvalue weighted by Gasteiger charge is -2.26. The summed E-state index contributed by atoms with van der Waals surface area (Å²) in [5.41, 5.74) is 9.60. The molecule has 0 bridgehead atoms. The van der Waals surface area contributed by atoms with Crippen LogP contribution < -0.4 is 4.90 Å². The molecule has 0 radical (unpaired) electrons. The van der Waals surface area contributed by atoms with Crippen LogP contribution in [0.25, 0.3) is 75.1 Å². The van der Waals surface area contributed by atoms with E-state index in [0.717, 1.165) is 44.7 Å². The summed E-state index contributed by atoms with van der Waals surface area (Å²) < 4.78 is 18.1. The summed E-state index contributed by atoms with van der Waals surface area (Å²) in [6, 6.07) is 67.6. The van der Waals surface area contributed by atoms with Gasteiger partial charge in [0.2, 0.25) is 0 Å². The fourth-order valence-corrected chi connectivity index (χ4v) is 9.07. The van der Waals surface area contributed by atoms with Crippen LogP contribution >= 0.6 is 11.3 Å². The lowest BCUT2D eigenvalue weighted by molar-refractivity contribution is 0.640. The van der Waals surface area contributed by atoms with Gasteiger partial charge in [-0.05, 0) is 92.0 Å². The monoisotopic (exact) mass is 697 g/mol. The van der Waals surface area contributed by atoms with Gasteiger partial charge in [0, 0.05) is 32.2 Å². The highest BCUT2D eigenvalue weighted by atomic mass is 32.1. The minimum Gasteiger partial charge on any atom is -0.309 e. The molecule has 1 nitrogen and oxygen atoms in total. The van der Waals surface area contributed by atoms with Crippen molar-refractivity contribution in [2.24, 2.45) is 0 Å². The highest BCUT2D eigenvalue weighted by molar-refractivity contribution is 7.26. The molecule has 0 saturated heterocycles. The predicted octanol–water partition coefficient (Wildman–Crippen LogP) is 15.0. The first kappa shape index (κ1) is 31.2. The maximum atomic E-state index is 15.6. The number of anilines is 3. The SMILES string of the molecule is Fc1ccc(-c2ccc(N(c3ccc(-c4cccc5ccccc45)cc3)c3cccc4c3sc3ccccc34)cc2)c2cccc(-c3ccccc3)c12. The summed E-state index contributed by atoms with van der Waals surface area (Å²) >= 11 is 1.83. The van der Waals surface area contributed by atoms with E-state index >= 15 is 4.39 Å². The van der Waals surface area contributed by atoms with E-state index in [0.29, 0.717) is 5.39 Å². The van der Waals surface area contributed by atoms with E-state index in [9.17, 15) is 0 Å². The second kappa shape index (κ2) is 12.9. The zero-order valence-corrected chi connectivity index (χ0v) is 29.5. The Morgan fingerprint density at radius 3 is 1.70 bits per heavy atom. The molecule has 0 aliphatic carbocycles. The second-order valence-electron chi connectivity index (χ2n) is 13.4. The molecule has 0 aliphatic heterocycles. The van der Waals surface area contributed by atoms with Crippen molar-refractivity contribution >= 4 is 70.1 Å². The molecule has 9 aromatic carbocycles. The Kier molecular flexibility index (Phi) is 7.59. The molecule has 3 heteroatoms. The van der Waals surface area contributed by atoms with Gasteiger partial charge in [0.1, 0.15) is 5.82 Å². The van der Waals surface area contributed by atoms with E-state index in [-0.39, 0.29) is 5.82 Å². The van der Waals surface area contributed by atoms with Crippen molar-refractivity contribution in [3.8, 4) is 33.4 Å². The summed E-state index contributed by atoms with van der Waals surface area (Å²) in [7, 11) is 0. The van der Waals surface area contributed by atoms with Gasteiger partial charge in [-0.3, -0.25) is 0 Å². The van der Waals surface area contributed by atoms with Crippen molar-refractivity contribution in [3.63, 3.8) is 0 Å². The molecular weight excluding hydrogens is 666 g/mol. The molecule has 0 aliphatic rings. The average molecular weight is 698 g/mol. The van der Waals surface area contributed by atoms with Crippen LogP contribution in [0.15, 0.2) is 194 Å². The highest BCUT2D eigenvalue weighted by Gasteiger charge is 2.19. The van der Waals surface area contributed by atoms with Crippen molar-refractivity contribution in [1.82, 2.24) is 0 Å². The molecule has 0 N–H and O–H groups in total. The number of halogens is 1. The summed E-state index contributed by atoms with van der Waals surface area (Å²) in [6.07, 6.45) is 0. The van der Waals surface area contributed by atoms with Crippen LogP contribution in [-0.2, 0) is 0 Å². The normalized spacial score (nSPS) is 11.5. The second-order valence-corrected chi connectivity index (χ2v) is 14.4. The summed E-state index contributed by atoms with van der Waals surface area (Å²) in [5.74, 6) is -0.214. The maximum absolute atomic E-state index is 15.6. The smallest absolute Gasteiger partial charge is 0.131 e. The van der Waals surface area contributed by atoms with Crippen LogP contribution in [-0.4, -0.2) is 0 Å². The third-order valence-corrected chi connectivity index (χ3v) is 11.6. The van der Waals surface area contributed by atoms with Gasteiger partial charge in [-0.1, -0.05) is 152 Å². The van der Waals surface area contributed by atoms with Crippen LogP contribution in [0.1, 0.15) is 0 Å². The van der Waals surface area contributed by atoms with E-state index < -0.39 is 0 Å². The number of nitrogens with zero attached hydrogens (tertiary/aromatic N) is 1. The first-order valence-electron chi connectivity index (χ1n) is 17.9. The van der Waals surface area contributed by atoms with Crippen molar-refractivity contribution in [1.29, 1.82) is 0 Å². The summed E-state index contributed by atoms with van der Waals surface area (Å²) in [4.78, 5) is 2.37. The number of hydrogen-bond acceptors (Lipinski definition) is 2. The minimum atomic E-state index is -0.214. The molecule has 0 saturated carbocycles. The number of benzene rings is 9. The lowest BCUT2D eigenvalue weighted by Crippen LogP contribution is -2.10. The Hall–Kier alpha value is -6.55. The van der Waals surface area contributed by atoms with Gasteiger partial charge < -0.3 is 4.90 Å². The molecule has 250 valence electrons. The maximum Gasteiger partial charge on any atom is 0.131 e. The van der Waals surface area contributed by atoms with E-state index in [1.165, 1.54) is 42.1 Å². The quantitative estimate of drug-likeness (QED) is 0.167. The largest absolute Gasteiger partial charge is 0.309 e. The molecule has 0 fully saturated rings. The van der Waals surface area contributed by atoms with Crippen LogP contribution in [0.2, 0.25) is 0 Å². The molecule has 0 amide bonds. The van der Waals surface area contributed by atoms with Crippen molar-refractivity contribution in [2.75, 3.05) is 4.90 Å². The van der Waals surface area contributed by atoms with Gasteiger partial charge in [0.15, 0.2) is 0 Å². The van der Waals surface area contributed by atoms with E-state index in [1.54, 1.807) is 6.07 Å². The number of hydrogen-bond donors (Lipinski definition) is 0. The fraction of sp³-hybridized carbons (Fsp3) is 0. The van der Waals surface area contributed by atoms with Crippen LogP contribution in [0, 0.1) is 5.82 Å². The van der Waals surface area contributed by atoms with E-state index in [1.807, 2.05) is 65.9 Å². The topological polar surface area (TPSA) is 3.24 Å². The van der Waals surface area contributed by atoms with Gasteiger partial charge in [-0.15, -0.1) is 11.3 Å². The third-order valence-electron chi connectivity index (χ3n) is 10.4. The molecule has 10 rings (SSSR count). The minimum absolute atomic E-state index is 0.214. The highest BCUT2D eigenvalue weighted by Crippen LogP contribution is 2.46. The van der Waals surface area contributed by atoms with Crippen LogP contribution in [0.5, 0.6) is 0 Å². The Labute approximate surface area is 311 Å². The lowest BCUT2D eigenvalue weighted by atomic mass is 9.92. The van der Waals surface area contributed by atoms with Crippen LogP contribution in [0.3, 0.4) is 0 Å². The number of rotatable bonds is 6. The molecule has 10 aromatic rings. The zero-order chi connectivity index (χ0) is 35.3. The van der Waals surface area contributed by atoms with E-state index in [2.05, 4.69) is 138 Å². The molecule has 1 heterocycles. The average Bonchev–Trinajstić information content (AvgIpc) is 3.61. The van der Waals surface area contributed by atoms with Gasteiger partial charge >= 0.3 is 0 Å². The van der Waals surface area contributed by atoms with Gasteiger partial charge in [-0.25, -0.2) is 4.39 Å². The van der Waals surface area contributed by atoms with Gasteiger partial charge in [-0.2, -0.15) is 0 Å². The number of fused-ring (bicyclic) bond motifs is 5. The van der Waals surface area contributed by atoms with Crippen molar-refractivity contribution in [2.45, 2.75) is 0 Å². The standard InChI is InChI=1S/C50H32FNS/c51-46-32-31-41(44-19-9-18-42(49(44)46)34-11-2-1-3-12-34)36-25-29-38(30-26-36)52(47-21-10-20-45-43-16-6-7-22-48(43)53-50(45)47)37-27-23-35(24-28-37)40-17-8-14-33-13-4-5-15-39(33)40/h1-32H. The van der Waals surface area contributed by atoms with Crippen molar-refractivity contribution < 1.29 is 4.39 Å². The van der Waals surface area contributed by atoms with Gasteiger partial charge in [0.05, 0.1) is 10.4 Å². The molecule has 0 spiro atoms. The van der Waals surface area contributed by atoms with Crippen molar-refractivity contribution in [3.05, 3.63) is 200 Å². The fourth-order valence-electron chi connectivity index (χ4n) is 7.87. The summed E-state index contributed by atoms with van der Waals surface area (Å²) in [5, 5.41) is 6.55. The summed E-state index contributed by atoms with van der Waals surface area (Å²) in [6.45, 7) is 0. The zero-order valence-electron chi connectivity index (χ0n) is 28.7. The Bertz CT molecular complexity index is 2940. The Morgan fingerprint density at radius 1 is 0.377 bits per heavy atom. The van der Waals surface area contributed by atoms with Crippen LogP contribution in [0.4, 0.5) is 21.5 Å². The number of thiophene rings is 1. The van der Waals surface area contributed by atoms with E-state index in [4.69, 9.17) is 0 Å². The molecule has 0 atom stereocenters. The Morgan fingerprint density at radius 2 is 0.925 bits per heavy atom. The molecular formula is C50H32FNS. The third kappa shape index (κ3) is 5.37. The first-order valence-corrected chi connectivity index (χ1v) is 18.7. The molecule has 0 unspecified atom stereocenters. The Balaban J connectivity index is 1.11. The molecule has 1 aromatic heterocycles.